The van der Waals surface area contributed by atoms with Crippen molar-refractivity contribution in [3.05, 3.63) is 81.7 Å². The Morgan fingerprint density at radius 2 is 1.70 bits per heavy atom. The van der Waals surface area contributed by atoms with Gasteiger partial charge in [0.05, 0.1) is 10.9 Å². The summed E-state index contributed by atoms with van der Waals surface area (Å²) in [5.41, 5.74) is 2.11. The average Bonchev–Trinajstić information content (AvgIpc) is 2.85. The quantitative estimate of drug-likeness (QED) is 0.346. The lowest BCUT2D eigenvalue weighted by Gasteiger charge is -2.27. The van der Waals surface area contributed by atoms with Crippen molar-refractivity contribution in [1.29, 1.82) is 0 Å². The lowest BCUT2D eigenvalue weighted by Crippen LogP contribution is -2.32. The SMILES string of the molecule is O=C(Oc1ccc(-c2ccnc3nc(N4CCCCC4)[nH]c(=O)c23)cc1)c1ccc(Cl)cc1. The molecule has 1 N–H and O–H groups in total. The Balaban J connectivity index is 1.42. The Bertz CT molecular complexity index is 1360. The van der Waals surface area contributed by atoms with Crippen LogP contribution in [0.25, 0.3) is 22.2 Å². The molecule has 1 saturated heterocycles. The lowest BCUT2D eigenvalue weighted by atomic mass is 10.0. The summed E-state index contributed by atoms with van der Waals surface area (Å²) < 4.78 is 5.45. The molecule has 1 aliphatic heterocycles. The van der Waals surface area contributed by atoms with Crippen molar-refractivity contribution >= 4 is 34.6 Å². The fourth-order valence-electron chi connectivity index (χ4n) is 4.00. The maximum Gasteiger partial charge on any atom is 0.343 e. The number of benzene rings is 2. The van der Waals surface area contributed by atoms with Crippen LogP contribution in [0.15, 0.2) is 65.6 Å². The molecule has 2 aromatic carbocycles. The first kappa shape index (κ1) is 21.2. The second-order valence-electron chi connectivity index (χ2n) is 7.92. The first-order valence-electron chi connectivity index (χ1n) is 10.8. The summed E-state index contributed by atoms with van der Waals surface area (Å²) in [5, 5.41) is 0.983. The van der Waals surface area contributed by atoms with E-state index in [1.54, 1.807) is 60.8 Å². The molecule has 1 fully saturated rings. The number of aromatic amines is 1. The first-order valence-corrected chi connectivity index (χ1v) is 11.2. The Morgan fingerprint density at radius 3 is 2.42 bits per heavy atom. The van der Waals surface area contributed by atoms with Gasteiger partial charge in [-0.2, -0.15) is 4.98 Å². The van der Waals surface area contributed by atoms with Gasteiger partial charge in [0.15, 0.2) is 5.65 Å². The molecule has 0 unspecified atom stereocenters. The maximum atomic E-state index is 13.0. The molecule has 0 saturated carbocycles. The summed E-state index contributed by atoms with van der Waals surface area (Å²) in [6.45, 7) is 1.76. The van der Waals surface area contributed by atoms with Crippen LogP contribution in [0.4, 0.5) is 5.95 Å². The third-order valence-corrected chi connectivity index (χ3v) is 5.96. The molecule has 4 aromatic rings. The monoisotopic (exact) mass is 460 g/mol. The maximum absolute atomic E-state index is 13.0. The van der Waals surface area contributed by atoms with Crippen LogP contribution in [-0.4, -0.2) is 34.0 Å². The first-order chi connectivity index (χ1) is 16.1. The van der Waals surface area contributed by atoms with Gasteiger partial charge in [-0.1, -0.05) is 23.7 Å². The zero-order chi connectivity index (χ0) is 22.8. The van der Waals surface area contributed by atoms with Crippen LogP contribution < -0.4 is 15.2 Å². The Labute approximate surface area is 195 Å². The molecule has 0 spiro atoms. The number of piperidine rings is 1. The van der Waals surface area contributed by atoms with Crippen molar-refractivity contribution < 1.29 is 9.53 Å². The number of fused-ring (bicyclic) bond motifs is 1. The van der Waals surface area contributed by atoms with Crippen molar-refractivity contribution in [2.75, 3.05) is 18.0 Å². The number of halogens is 1. The second-order valence-corrected chi connectivity index (χ2v) is 8.35. The zero-order valence-electron chi connectivity index (χ0n) is 17.8. The van der Waals surface area contributed by atoms with Crippen molar-refractivity contribution in [2.24, 2.45) is 0 Å². The Morgan fingerprint density at radius 1 is 0.970 bits per heavy atom. The highest BCUT2D eigenvalue weighted by atomic mass is 35.5. The van der Waals surface area contributed by atoms with Crippen molar-refractivity contribution in [1.82, 2.24) is 15.0 Å². The van der Waals surface area contributed by atoms with Gasteiger partial charge in [-0.15, -0.1) is 0 Å². The number of carbonyl (C=O) groups excluding carboxylic acids is 1. The zero-order valence-corrected chi connectivity index (χ0v) is 18.5. The molecule has 8 heteroatoms. The minimum Gasteiger partial charge on any atom is -0.423 e. The molecule has 1 aliphatic rings. The third-order valence-electron chi connectivity index (χ3n) is 5.71. The molecule has 166 valence electrons. The van der Waals surface area contributed by atoms with Crippen molar-refractivity contribution in [3.63, 3.8) is 0 Å². The van der Waals surface area contributed by atoms with Gasteiger partial charge in [0.2, 0.25) is 5.95 Å². The van der Waals surface area contributed by atoms with E-state index in [9.17, 15) is 9.59 Å². The van der Waals surface area contributed by atoms with Crippen LogP contribution >= 0.6 is 11.6 Å². The molecule has 7 nitrogen and oxygen atoms in total. The van der Waals surface area contributed by atoms with Crippen LogP contribution in [-0.2, 0) is 0 Å². The number of pyridine rings is 1. The van der Waals surface area contributed by atoms with Gasteiger partial charge in [0, 0.05) is 24.3 Å². The molecule has 0 amide bonds. The highest BCUT2D eigenvalue weighted by molar-refractivity contribution is 6.30. The topological polar surface area (TPSA) is 88.2 Å². The van der Waals surface area contributed by atoms with E-state index in [2.05, 4.69) is 19.9 Å². The number of nitrogens with zero attached hydrogens (tertiary/aromatic N) is 3. The highest BCUT2D eigenvalue weighted by Gasteiger charge is 2.17. The van der Waals surface area contributed by atoms with Gasteiger partial charge in [0.25, 0.3) is 5.56 Å². The van der Waals surface area contributed by atoms with Crippen molar-refractivity contribution in [2.45, 2.75) is 19.3 Å². The molecule has 33 heavy (non-hydrogen) atoms. The van der Waals surface area contributed by atoms with Crippen LogP contribution in [0.5, 0.6) is 5.75 Å². The molecule has 5 rings (SSSR count). The predicted octanol–water partition coefficient (Wildman–Crippen LogP) is 4.85. The number of H-pyrrole nitrogens is 1. The summed E-state index contributed by atoms with van der Waals surface area (Å²) in [4.78, 5) is 39.3. The molecule has 0 bridgehead atoms. The molecule has 3 heterocycles. The summed E-state index contributed by atoms with van der Waals surface area (Å²) in [6.07, 6.45) is 5.02. The standard InChI is InChI=1S/C25H21ClN4O3/c26-18-8-4-17(5-9-18)24(32)33-19-10-6-16(7-11-19)20-12-13-27-22-21(20)23(31)29-25(28-22)30-14-2-1-3-15-30/h4-13H,1-3,14-15H2,(H,27,28,29,31). The molecule has 0 atom stereocenters. The van der Waals surface area contributed by atoms with Gasteiger partial charge in [-0.25, -0.2) is 9.78 Å². The number of ether oxygens (including phenoxy) is 1. The number of carbonyl (C=O) groups is 1. The minimum atomic E-state index is -0.473. The van der Waals surface area contributed by atoms with E-state index in [1.165, 1.54) is 6.42 Å². The normalized spacial score (nSPS) is 13.8. The van der Waals surface area contributed by atoms with E-state index in [1.807, 2.05) is 0 Å². The van der Waals surface area contributed by atoms with Crippen molar-refractivity contribution in [3.8, 4) is 16.9 Å². The Hall–Kier alpha value is -3.71. The van der Waals surface area contributed by atoms with E-state index in [-0.39, 0.29) is 5.56 Å². The van der Waals surface area contributed by atoms with Crippen LogP contribution in [0.2, 0.25) is 5.02 Å². The largest absolute Gasteiger partial charge is 0.423 e. The number of hydrogen-bond donors (Lipinski definition) is 1. The number of anilines is 1. The van der Waals surface area contributed by atoms with E-state index in [4.69, 9.17) is 16.3 Å². The smallest absolute Gasteiger partial charge is 0.343 e. The van der Waals surface area contributed by atoms with E-state index >= 15 is 0 Å². The predicted molar refractivity (Wildman–Crippen MR) is 128 cm³/mol. The fraction of sp³-hybridized carbons (Fsp3) is 0.200. The third kappa shape index (κ3) is 4.45. The summed E-state index contributed by atoms with van der Waals surface area (Å²) in [7, 11) is 0. The molecule has 0 aliphatic carbocycles. The second kappa shape index (κ2) is 9.03. The number of hydrogen-bond acceptors (Lipinski definition) is 6. The van der Waals surface area contributed by atoms with Gasteiger partial charge >= 0.3 is 5.97 Å². The summed E-state index contributed by atoms with van der Waals surface area (Å²) in [5.74, 6) is 0.498. The molecule has 2 aromatic heterocycles. The van der Waals surface area contributed by atoms with Gasteiger partial charge in [0.1, 0.15) is 5.75 Å². The Kier molecular flexibility index (Phi) is 5.79. The number of aromatic nitrogens is 3. The number of rotatable bonds is 4. The summed E-state index contributed by atoms with van der Waals surface area (Å²) in [6, 6.07) is 15.3. The van der Waals surface area contributed by atoms with Crippen LogP contribution in [0.3, 0.4) is 0 Å². The van der Waals surface area contributed by atoms with Gasteiger partial charge in [-0.3, -0.25) is 9.78 Å². The number of esters is 1. The minimum absolute atomic E-state index is 0.220. The van der Waals surface area contributed by atoms with Crippen LogP contribution in [0, 0.1) is 0 Å². The number of nitrogens with one attached hydrogen (secondary N) is 1. The van der Waals surface area contributed by atoms with Gasteiger partial charge < -0.3 is 9.64 Å². The van der Waals surface area contributed by atoms with Crippen LogP contribution in [0.1, 0.15) is 29.6 Å². The average molecular weight is 461 g/mol. The summed E-state index contributed by atoms with van der Waals surface area (Å²) >= 11 is 5.86. The fourth-order valence-corrected chi connectivity index (χ4v) is 4.13. The molecular weight excluding hydrogens is 440 g/mol. The lowest BCUT2D eigenvalue weighted by molar-refractivity contribution is 0.0735. The molecule has 0 radical (unpaired) electrons. The van der Waals surface area contributed by atoms with Gasteiger partial charge in [-0.05, 0) is 72.9 Å². The molecular formula is C25H21ClN4O3. The van der Waals surface area contributed by atoms with E-state index < -0.39 is 5.97 Å². The van der Waals surface area contributed by atoms with E-state index in [0.29, 0.717) is 33.3 Å². The van der Waals surface area contributed by atoms with E-state index in [0.717, 1.165) is 37.1 Å². The highest BCUT2D eigenvalue weighted by Crippen LogP contribution is 2.27.